The minimum Gasteiger partial charge on any atom is -0.494 e. The molecular formula is C14H18FN3O. The van der Waals surface area contributed by atoms with Gasteiger partial charge in [-0.3, -0.25) is 0 Å². The molecule has 4 nitrogen and oxygen atoms in total. The second kappa shape index (κ2) is 5.84. The van der Waals surface area contributed by atoms with Crippen LogP contribution >= 0.6 is 0 Å². The van der Waals surface area contributed by atoms with Crippen molar-refractivity contribution in [1.29, 1.82) is 0 Å². The van der Waals surface area contributed by atoms with Crippen molar-refractivity contribution >= 4 is 0 Å². The van der Waals surface area contributed by atoms with Crippen LogP contribution in [0.1, 0.15) is 18.2 Å². The van der Waals surface area contributed by atoms with Gasteiger partial charge in [-0.1, -0.05) is 12.1 Å². The van der Waals surface area contributed by atoms with Gasteiger partial charge in [-0.25, -0.2) is 9.37 Å². The fraction of sp³-hybridized carbons (Fsp3) is 0.357. The Balaban J connectivity index is 2.15. The van der Waals surface area contributed by atoms with Gasteiger partial charge in [0, 0.05) is 24.2 Å². The van der Waals surface area contributed by atoms with Gasteiger partial charge in [0.25, 0.3) is 0 Å². The number of nitrogens with zero attached hydrogens (tertiary/aromatic N) is 2. The minimum absolute atomic E-state index is 0.0666. The number of methoxy groups -OCH3 is 1. The lowest BCUT2D eigenvalue weighted by atomic mass is 10.2. The first-order valence-electron chi connectivity index (χ1n) is 6.17. The lowest BCUT2D eigenvalue weighted by Gasteiger charge is -2.07. The zero-order valence-corrected chi connectivity index (χ0v) is 11.1. The number of halogens is 1. The number of rotatable bonds is 5. The normalized spacial score (nSPS) is 12.4. The number of ether oxygens (including phenoxy) is 1. The Labute approximate surface area is 112 Å². The molecule has 0 aliphatic heterocycles. The second-order valence-electron chi connectivity index (χ2n) is 4.65. The maximum Gasteiger partial charge on any atom is 0.170 e. The minimum atomic E-state index is -0.326. The molecule has 5 heteroatoms. The Kier molecular flexibility index (Phi) is 4.16. The Morgan fingerprint density at radius 2 is 2.26 bits per heavy atom. The highest BCUT2D eigenvalue weighted by Gasteiger charge is 2.09. The van der Waals surface area contributed by atoms with Gasteiger partial charge in [-0.15, -0.1) is 0 Å². The van der Waals surface area contributed by atoms with Crippen molar-refractivity contribution in [2.45, 2.75) is 25.9 Å². The summed E-state index contributed by atoms with van der Waals surface area (Å²) in [6.07, 6.45) is 4.30. The molecule has 2 aromatic rings. The van der Waals surface area contributed by atoms with Crippen LogP contribution in [0.5, 0.6) is 5.75 Å². The van der Waals surface area contributed by atoms with Gasteiger partial charge >= 0.3 is 0 Å². The molecule has 1 aromatic carbocycles. The number of hydrogen-bond acceptors (Lipinski definition) is 3. The summed E-state index contributed by atoms with van der Waals surface area (Å²) in [5, 5.41) is 0. The van der Waals surface area contributed by atoms with E-state index in [1.54, 1.807) is 24.5 Å². The van der Waals surface area contributed by atoms with Crippen molar-refractivity contribution in [2.24, 2.45) is 5.73 Å². The zero-order chi connectivity index (χ0) is 13.8. The third-order valence-corrected chi connectivity index (χ3v) is 2.83. The first-order chi connectivity index (χ1) is 9.10. The van der Waals surface area contributed by atoms with Gasteiger partial charge in [-0.05, 0) is 13.0 Å². The van der Waals surface area contributed by atoms with Gasteiger partial charge in [0.05, 0.1) is 25.7 Å². The molecule has 0 radical (unpaired) electrons. The summed E-state index contributed by atoms with van der Waals surface area (Å²) in [4.78, 5) is 4.25. The Bertz CT molecular complexity index is 551. The molecule has 0 fully saturated rings. The second-order valence-corrected chi connectivity index (χ2v) is 4.65. The van der Waals surface area contributed by atoms with Crippen LogP contribution in [-0.4, -0.2) is 22.7 Å². The van der Waals surface area contributed by atoms with Gasteiger partial charge < -0.3 is 15.0 Å². The molecule has 0 amide bonds. The third kappa shape index (κ3) is 3.32. The van der Waals surface area contributed by atoms with Crippen LogP contribution in [0.25, 0.3) is 0 Å². The van der Waals surface area contributed by atoms with Crippen molar-refractivity contribution in [3.8, 4) is 5.75 Å². The summed E-state index contributed by atoms with van der Waals surface area (Å²) in [5.41, 5.74) is 7.21. The van der Waals surface area contributed by atoms with E-state index >= 15 is 0 Å². The summed E-state index contributed by atoms with van der Waals surface area (Å²) in [6.45, 7) is 2.36. The fourth-order valence-electron chi connectivity index (χ4n) is 1.96. The summed E-state index contributed by atoms with van der Waals surface area (Å²) in [7, 11) is 1.46. The molecule has 1 heterocycles. The standard InChI is InChI=1S/C14H18FN3O/c1-10(16)6-12-8-18(9-17-12)7-11-4-3-5-13(19-2)14(11)15/h3-5,8-10H,6-7,16H2,1-2H3. The average molecular weight is 263 g/mol. The predicted octanol–water partition coefficient (Wildman–Crippen LogP) is 1.97. The predicted molar refractivity (Wildman–Crippen MR) is 71.6 cm³/mol. The van der Waals surface area contributed by atoms with Crippen molar-refractivity contribution in [1.82, 2.24) is 9.55 Å². The van der Waals surface area contributed by atoms with Crippen LogP contribution in [0.3, 0.4) is 0 Å². The highest BCUT2D eigenvalue weighted by atomic mass is 19.1. The summed E-state index contributed by atoms with van der Waals surface area (Å²) < 4.78 is 20.8. The molecule has 0 aliphatic carbocycles. The van der Waals surface area contributed by atoms with Crippen molar-refractivity contribution in [3.63, 3.8) is 0 Å². The molecule has 19 heavy (non-hydrogen) atoms. The molecule has 2 N–H and O–H groups in total. The average Bonchev–Trinajstić information content (AvgIpc) is 2.78. The van der Waals surface area contributed by atoms with Crippen LogP contribution in [0.2, 0.25) is 0 Å². The van der Waals surface area contributed by atoms with E-state index in [4.69, 9.17) is 10.5 Å². The first kappa shape index (κ1) is 13.5. The summed E-state index contributed by atoms with van der Waals surface area (Å²) in [5.74, 6) is -0.0686. The van der Waals surface area contributed by atoms with Crippen LogP contribution in [-0.2, 0) is 13.0 Å². The van der Waals surface area contributed by atoms with E-state index in [0.717, 1.165) is 5.69 Å². The lowest BCUT2D eigenvalue weighted by molar-refractivity contribution is 0.383. The molecule has 0 spiro atoms. The highest BCUT2D eigenvalue weighted by Crippen LogP contribution is 2.20. The number of hydrogen-bond donors (Lipinski definition) is 1. The van der Waals surface area contributed by atoms with Crippen molar-refractivity contribution in [3.05, 3.63) is 47.8 Å². The highest BCUT2D eigenvalue weighted by molar-refractivity contribution is 5.31. The summed E-state index contributed by atoms with van der Waals surface area (Å²) >= 11 is 0. The van der Waals surface area contributed by atoms with E-state index in [1.807, 2.05) is 17.7 Å². The molecule has 1 unspecified atom stereocenters. The molecule has 0 bridgehead atoms. The Morgan fingerprint density at radius 3 is 2.95 bits per heavy atom. The van der Waals surface area contributed by atoms with E-state index in [2.05, 4.69) is 4.98 Å². The van der Waals surface area contributed by atoms with Crippen LogP contribution in [0, 0.1) is 5.82 Å². The van der Waals surface area contributed by atoms with Gasteiger partial charge in [0.2, 0.25) is 0 Å². The van der Waals surface area contributed by atoms with Crippen LogP contribution in [0.4, 0.5) is 4.39 Å². The Morgan fingerprint density at radius 1 is 1.47 bits per heavy atom. The number of nitrogens with two attached hydrogens (primary N) is 1. The maximum atomic E-state index is 14.0. The number of benzene rings is 1. The lowest BCUT2D eigenvalue weighted by Crippen LogP contribution is -2.17. The summed E-state index contributed by atoms with van der Waals surface area (Å²) in [6, 6.07) is 5.19. The van der Waals surface area contributed by atoms with Gasteiger partial charge in [0.1, 0.15) is 0 Å². The molecule has 1 atom stereocenters. The van der Waals surface area contributed by atoms with E-state index in [0.29, 0.717) is 18.5 Å². The van der Waals surface area contributed by atoms with Crippen LogP contribution < -0.4 is 10.5 Å². The van der Waals surface area contributed by atoms with Gasteiger partial charge in [0.15, 0.2) is 11.6 Å². The maximum absolute atomic E-state index is 14.0. The fourth-order valence-corrected chi connectivity index (χ4v) is 1.96. The molecule has 2 rings (SSSR count). The third-order valence-electron chi connectivity index (χ3n) is 2.83. The Hall–Kier alpha value is -1.88. The molecule has 0 saturated carbocycles. The first-order valence-corrected chi connectivity index (χ1v) is 6.17. The quantitative estimate of drug-likeness (QED) is 0.897. The van der Waals surface area contributed by atoms with E-state index < -0.39 is 0 Å². The smallest absolute Gasteiger partial charge is 0.170 e. The van der Waals surface area contributed by atoms with E-state index in [-0.39, 0.29) is 17.6 Å². The van der Waals surface area contributed by atoms with Gasteiger partial charge in [-0.2, -0.15) is 0 Å². The van der Waals surface area contributed by atoms with Crippen LogP contribution in [0.15, 0.2) is 30.7 Å². The van der Waals surface area contributed by atoms with Crippen molar-refractivity contribution in [2.75, 3.05) is 7.11 Å². The zero-order valence-electron chi connectivity index (χ0n) is 11.1. The molecular weight excluding hydrogens is 245 g/mol. The SMILES string of the molecule is COc1cccc(Cn2cnc(CC(C)N)c2)c1F. The molecule has 1 aromatic heterocycles. The van der Waals surface area contributed by atoms with E-state index in [9.17, 15) is 4.39 Å². The topological polar surface area (TPSA) is 53.1 Å². The molecule has 0 saturated heterocycles. The molecule has 0 aliphatic rings. The monoisotopic (exact) mass is 263 g/mol. The van der Waals surface area contributed by atoms with E-state index in [1.165, 1.54) is 7.11 Å². The number of aromatic nitrogens is 2. The largest absolute Gasteiger partial charge is 0.494 e. The van der Waals surface area contributed by atoms with Crippen molar-refractivity contribution < 1.29 is 9.13 Å². The number of imidazole rings is 1. The molecule has 102 valence electrons.